The zero-order chi connectivity index (χ0) is 18.4. The monoisotopic (exact) mass is 412 g/mol. The molecule has 2 aromatic carbocycles. The first-order chi connectivity index (χ1) is 12.5. The molecule has 6 nitrogen and oxygen atoms in total. The van der Waals surface area contributed by atoms with Crippen molar-refractivity contribution in [3.63, 3.8) is 0 Å². The van der Waals surface area contributed by atoms with Crippen molar-refractivity contribution in [3.05, 3.63) is 58.1 Å². The average Bonchev–Trinajstić information content (AvgIpc) is 3.18. The summed E-state index contributed by atoms with van der Waals surface area (Å²) in [5.41, 5.74) is 3.49. The van der Waals surface area contributed by atoms with Crippen molar-refractivity contribution in [1.82, 2.24) is 0 Å². The van der Waals surface area contributed by atoms with Crippen molar-refractivity contribution in [2.75, 3.05) is 9.91 Å². The van der Waals surface area contributed by atoms with Crippen LogP contribution in [-0.4, -0.2) is 23.9 Å². The first kappa shape index (κ1) is 16.9. The number of anilines is 2. The van der Waals surface area contributed by atoms with Gasteiger partial charge < -0.3 is 0 Å². The van der Waals surface area contributed by atoms with Crippen LogP contribution < -0.4 is 9.91 Å². The molecule has 4 rings (SSSR count). The Bertz CT molecular complexity index is 926. The number of fused-ring (bicyclic) bond motifs is 1. The summed E-state index contributed by atoms with van der Waals surface area (Å²) in [6, 6.07) is 11.6. The van der Waals surface area contributed by atoms with Crippen molar-refractivity contribution < 1.29 is 9.59 Å². The lowest BCUT2D eigenvalue weighted by Gasteiger charge is -2.21. The smallest absolute Gasteiger partial charge is 0.263 e. The lowest BCUT2D eigenvalue weighted by molar-refractivity contribution is -0.121. The molecule has 0 unspecified atom stereocenters. The van der Waals surface area contributed by atoms with Crippen LogP contribution in [0.25, 0.3) is 0 Å². The summed E-state index contributed by atoms with van der Waals surface area (Å²) in [5.74, 6) is -0.626. The van der Waals surface area contributed by atoms with Gasteiger partial charge in [0.2, 0.25) is 0 Å². The van der Waals surface area contributed by atoms with Gasteiger partial charge in [-0.15, -0.1) is 0 Å². The highest BCUT2D eigenvalue weighted by molar-refractivity contribution is 9.10. The van der Waals surface area contributed by atoms with Gasteiger partial charge in [0.05, 0.1) is 11.4 Å². The Morgan fingerprint density at radius 2 is 1.73 bits per heavy atom. The molecule has 1 saturated heterocycles. The van der Waals surface area contributed by atoms with Gasteiger partial charge in [-0.25, -0.2) is 9.91 Å². The number of carbonyl (C=O) groups excluding carboxylic acids is 2. The van der Waals surface area contributed by atoms with Gasteiger partial charge in [-0.05, 0) is 54.8 Å². The van der Waals surface area contributed by atoms with Crippen LogP contribution in [0.4, 0.5) is 11.4 Å². The Hall–Kier alpha value is -2.54. The third-order valence-electron chi connectivity index (χ3n) is 4.79. The van der Waals surface area contributed by atoms with Crippen LogP contribution in [0.1, 0.15) is 18.1 Å². The van der Waals surface area contributed by atoms with Gasteiger partial charge >= 0.3 is 0 Å². The van der Waals surface area contributed by atoms with Gasteiger partial charge in [0.15, 0.2) is 12.1 Å². The van der Waals surface area contributed by atoms with Gasteiger partial charge in [0.1, 0.15) is 0 Å². The molecule has 0 bridgehead atoms. The molecule has 0 radical (unpaired) electrons. The lowest BCUT2D eigenvalue weighted by Crippen LogP contribution is -2.39. The molecule has 132 valence electrons. The fourth-order valence-corrected chi connectivity index (χ4v) is 3.53. The van der Waals surface area contributed by atoms with Gasteiger partial charge in [0.25, 0.3) is 11.8 Å². The third-order valence-corrected chi connectivity index (χ3v) is 5.68. The number of benzene rings is 2. The maximum Gasteiger partial charge on any atom is 0.263 e. The van der Waals surface area contributed by atoms with E-state index in [1.807, 2.05) is 37.3 Å². The quantitative estimate of drug-likeness (QED) is 0.719. The van der Waals surface area contributed by atoms with Crippen LogP contribution in [0.3, 0.4) is 0 Å². The highest BCUT2D eigenvalue weighted by atomic mass is 79.9. The van der Waals surface area contributed by atoms with E-state index in [0.717, 1.165) is 27.7 Å². The average molecular weight is 413 g/mol. The molecule has 2 aromatic rings. The zero-order valence-corrected chi connectivity index (χ0v) is 16.0. The third kappa shape index (κ3) is 2.54. The fraction of sp³-hybridized carbons (Fsp3) is 0.263. The molecular formula is C19H17BrN4O2. The van der Waals surface area contributed by atoms with E-state index in [4.69, 9.17) is 0 Å². The van der Waals surface area contributed by atoms with E-state index < -0.39 is 12.1 Å². The number of halogens is 1. The molecule has 26 heavy (non-hydrogen) atoms. The Labute approximate surface area is 159 Å². The number of amides is 2. The van der Waals surface area contributed by atoms with E-state index in [9.17, 15) is 9.59 Å². The van der Waals surface area contributed by atoms with Crippen LogP contribution >= 0.6 is 15.9 Å². The largest absolute Gasteiger partial charge is 0.271 e. The van der Waals surface area contributed by atoms with Crippen molar-refractivity contribution in [3.8, 4) is 0 Å². The molecule has 0 saturated carbocycles. The molecule has 2 aliphatic rings. The minimum absolute atomic E-state index is 0.296. The minimum Gasteiger partial charge on any atom is -0.271 e. The molecule has 2 atom stereocenters. The number of nitrogens with zero attached hydrogens (tertiary/aromatic N) is 4. The van der Waals surface area contributed by atoms with Crippen molar-refractivity contribution in [2.24, 2.45) is 10.3 Å². The predicted molar refractivity (Wildman–Crippen MR) is 102 cm³/mol. The molecule has 0 aromatic heterocycles. The van der Waals surface area contributed by atoms with Gasteiger partial charge in [-0.3, -0.25) is 9.59 Å². The van der Waals surface area contributed by atoms with Crippen LogP contribution in [0.2, 0.25) is 0 Å². The number of hydrogen-bond donors (Lipinski definition) is 0. The van der Waals surface area contributed by atoms with Crippen molar-refractivity contribution >= 4 is 39.1 Å². The number of imide groups is 1. The van der Waals surface area contributed by atoms with Crippen LogP contribution in [0, 0.1) is 6.92 Å². The molecule has 1 fully saturated rings. The molecular weight excluding hydrogens is 396 g/mol. The molecule has 2 amide bonds. The summed E-state index contributed by atoms with van der Waals surface area (Å²) in [5, 5.41) is 9.71. The molecule has 2 heterocycles. The summed E-state index contributed by atoms with van der Waals surface area (Å²) in [6.45, 7) is 4.02. The Morgan fingerprint density at radius 3 is 2.38 bits per heavy atom. The van der Waals surface area contributed by atoms with E-state index in [-0.39, 0.29) is 11.8 Å². The second-order valence-electron chi connectivity index (χ2n) is 6.40. The summed E-state index contributed by atoms with van der Waals surface area (Å²) < 4.78 is 0.973. The van der Waals surface area contributed by atoms with E-state index >= 15 is 0 Å². The highest BCUT2D eigenvalue weighted by Gasteiger charge is 2.55. The van der Waals surface area contributed by atoms with E-state index in [0.29, 0.717) is 5.69 Å². The summed E-state index contributed by atoms with van der Waals surface area (Å²) >= 11 is 3.47. The van der Waals surface area contributed by atoms with Crippen LogP contribution in [0.5, 0.6) is 0 Å². The maximum atomic E-state index is 13.0. The van der Waals surface area contributed by atoms with Gasteiger partial charge in [-0.1, -0.05) is 40.2 Å². The molecule has 7 heteroatoms. The normalized spacial score (nSPS) is 21.7. The Balaban J connectivity index is 1.67. The SMILES string of the molecule is CCc1ccc(N2C(=O)[C@@H]3[C@@H](N=NN3c3ccc(Br)c(C)c3)C2=O)cc1. The Kier molecular flexibility index (Phi) is 4.11. The minimum atomic E-state index is -0.794. The summed E-state index contributed by atoms with van der Waals surface area (Å²) in [4.78, 5) is 27.0. The molecule has 0 N–H and O–H groups in total. The predicted octanol–water partition coefficient (Wildman–Crippen LogP) is 3.82. The lowest BCUT2D eigenvalue weighted by atomic mass is 10.1. The van der Waals surface area contributed by atoms with E-state index in [1.165, 1.54) is 4.90 Å². The number of hydrogen-bond acceptors (Lipinski definition) is 5. The molecule has 0 aliphatic carbocycles. The first-order valence-corrected chi connectivity index (χ1v) is 9.23. The van der Waals surface area contributed by atoms with Crippen molar-refractivity contribution in [1.29, 1.82) is 0 Å². The molecule has 0 spiro atoms. The topological polar surface area (TPSA) is 65.3 Å². The van der Waals surface area contributed by atoms with Crippen LogP contribution in [-0.2, 0) is 16.0 Å². The van der Waals surface area contributed by atoms with Crippen molar-refractivity contribution in [2.45, 2.75) is 32.4 Å². The van der Waals surface area contributed by atoms with Crippen LogP contribution in [0.15, 0.2) is 57.3 Å². The van der Waals surface area contributed by atoms with E-state index in [2.05, 4.69) is 33.2 Å². The van der Waals surface area contributed by atoms with Gasteiger partial charge in [-0.2, -0.15) is 5.11 Å². The zero-order valence-electron chi connectivity index (χ0n) is 14.4. The first-order valence-electron chi connectivity index (χ1n) is 8.44. The second kappa shape index (κ2) is 6.32. The second-order valence-corrected chi connectivity index (χ2v) is 7.26. The maximum absolute atomic E-state index is 13.0. The summed E-state index contributed by atoms with van der Waals surface area (Å²) in [7, 11) is 0. The Morgan fingerprint density at radius 1 is 1.04 bits per heavy atom. The summed E-state index contributed by atoms with van der Waals surface area (Å²) in [6.07, 6.45) is 0.901. The molecule has 2 aliphatic heterocycles. The number of aryl methyl sites for hydroxylation is 2. The van der Waals surface area contributed by atoms with Gasteiger partial charge in [0, 0.05) is 4.47 Å². The number of carbonyl (C=O) groups is 2. The standard InChI is InChI=1S/C19H17BrN4O2/c1-3-12-4-6-13(7-5-12)23-18(25)16-17(19(23)26)24(22-21-16)14-8-9-15(20)11(2)10-14/h4-10,16-17H,3H2,1-2H3/t16-,17+/m1/s1. The van der Waals surface area contributed by atoms with E-state index in [1.54, 1.807) is 17.1 Å². The number of rotatable bonds is 3. The highest BCUT2D eigenvalue weighted by Crippen LogP contribution is 2.36. The fourth-order valence-electron chi connectivity index (χ4n) is 3.28.